The van der Waals surface area contributed by atoms with Crippen LogP contribution in [0.25, 0.3) is 17.0 Å². The second-order valence-corrected chi connectivity index (χ2v) is 4.87. The lowest BCUT2D eigenvalue weighted by molar-refractivity contribution is -0.137. The van der Waals surface area contributed by atoms with E-state index in [2.05, 4.69) is 0 Å². The number of carbonyl (C=O) groups excluding carboxylic acids is 1. The SMILES string of the molecule is CCOC(=O)/C(C#N)=C\c1coc2cc(C)cc(C)c2c1=O. The fraction of sp³-hybridized carbons (Fsp3) is 0.235. The molecule has 5 heteroatoms. The van der Waals surface area contributed by atoms with E-state index >= 15 is 0 Å². The summed E-state index contributed by atoms with van der Waals surface area (Å²) in [6.07, 6.45) is 2.45. The van der Waals surface area contributed by atoms with Crippen LogP contribution in [0.3, 0.4) is 0 Å². The van der Waals surface area contributed by atoms with Crippen molar-refractivity contribution in [1.82, 2.24) is 0 Å². The summed E-state index contributed by atoms with van der Waals surface area (Å²) in [4.78, 5) is 24.1. The summed E-state index contributed by atoms with van der Waals surface area (Å²) in [5.41, 5.74) is 1.88. The van der Waals surface area contributed by atoms with E-state index in [0.717, 1.165) is 11.1 Å². The van der Waals surface area contributed by atoms with Crippen LogP contribution < -0.4 is 5.43 Å². The van der Waals surface area contributed by atoms with Crippen molar-refractivity contribution < 1.29 is 13.9 Å². The minimum Gasteiger partial charge on any atom is -0.463 e. The molecule has 1 heterocycles. The van der Waals surface area contributed by atoms with E-state index in [-0.39, 0.29) is 23.2 Å². The van der Waals surface area contributed by atoms with E-state index in [1.54, 1.807) is 19.1 Å². The molecule has 0 aliphatic rings. The Morgan fingerprint density at radius 3 is 2.77 bits per heavy atom. The molecule has 1 aromatic heterocycles. The standard InChI is InChI=1S/C17H15NO4/c1-4-21-17(20)12(8-18)7-13-9-22-14-6-10(2)5-11(3)15(14)16(13)19/h5-7,9H,4H2,1-3H3/b12-7-. The molecular formula is C17H15NO4. The van der Waals surface area contributed by atoms with Crippen molar-refractivity contribution in [2.24, 2.45) is 0 Å². The first-order valence-electron chi connectivity index (χ1n) is 6.79. The van der Waals surface area contributed by atoms with E-state index in [0.29, 0.717) is 11.0 Å². The largest absolute Gasteiger partial charge is 0.463 e. The summed E-state index contributed by atoms with van der Waals surface area (Å²) in [6.45, 7) is 5.52. The number of carbonyl (C=O) groups is 1. The molecule has 0 bridgehead atoms. The predicted octanol–water partition coefficient (Wildman–Crippen LogP) is 2.88. The van der Waals surface area contributed by atoms with Gasteiger partial charge in [-0.1, -0.05) is 6.07 Å². The number of nitriles is 1. The van der Waals surface area contributed by atoms with Gasteiger partial charge < -0.3 is 9.15 Å². The highest BCUT2D eigenvalue weighted by Crippen LogP contribution is 2.19. The van der Waals surface area contributed by atoms with Crippen LogP contribution in [0.2, 0.25) is 0 Å². The van der Waals surface area contributed by atoms with Gasteiger partial charge in [0, 0.05) is 0 Å². The number of benzene rings is 1. The smallest absolute Gasteiger partial charge is 0.348 e. The average Bonchev–Trinajstić information content (AvgIpc) is 2.46. The zero-order valence-corrected chi connectivity index (χ0v) is 12.6. The molecule has 0 saturated carbocycles. The molecule has 0 unspecified atom stereocenters. The molecule has 2 rings (SSSR count). The van der Waals surface area contributed by atoms with Gasteiger partial charge in [-0.25, -0.2) is 4.79 Å². The molecule has 2 aromatic rings. The minimum absolute atomic E-state index is 0.143. The maximum absolute atomic E-state index is 12.5. The minimum atomic E-state index is -0.759. The molecule has 22 heavy (non-hydrogen) atoms. The summed E-state index contributed by atoms with van der Waals surface area (Å²) in [5, 5.41) is 9.47. The molecule has 0 amide bonds. The fourth-order valence-electron chi connectivity index (χ4n) is 2.24. The van der Waals surface area contributed by atoms with E-state index in [1.165, 1.54) is 12.3 Å². The fourth-order valence-corrected chi connectivity index (χ4v) is 2.24. The zero-order chi connectivity index (χ0) is 16.3. The van der Waals surface area contributed by atoms with Crippen LogP contribution in [0, 0.1) is 25.2 Å². The quantitative estimate of drug-likeness (QED) is 0.494. The molecule has 0 N–H and O–H groups in total. The van der Waals surface area contributed by atoms with Crippen molar-refractivity contribution in [3.8, 4) is 6.07 Å². The third kappa shape index (κ3) is 2.91. The molecule has 1 aromatic carbocycles. The monoisotopic (exact) mass is 297 g/mol. The van der Waals surface area contributed by atoms with Crippen molar-refractivity contribution in [2.75, 3.05) is 6.61 Å². The highest BCUT2D eigenvalue weighted by atomic mass is 16.5. The van der Waals surface area contributed by atoms with Gasteiger partial charge in [0.25, 0.3) is 0 Å². The first-order chi connectivity index (χ1) is 10.5. The Morgan fingerprint density at radius 2 is 2.14 bits per heavy atom. The molecule has 0 spiro atoms. The first-order valence-corrected chi connectivity index (χ1v) is 6.79. The number of fused-ring (bicyclic) bond motifs is 1. The van der Waals surface area contributed by atoms with Gasteiger partial charge in [-0.05, 0) is 44.0 Å². The van der Waals surface area contributed by atoms with Gasteiger partial charge in [0.2, 0.25) is 0 Å². The maximum atomic E-state index is 12.5. The van der Waals surface area contributed by atoms with Gasteiger partial charge in [-0.3, -0.25) is 4.79 Å². The van der Waals surface area contributed by atoms with E-state index in [1.807, 2.05) is 19.9 Å². The molecule has 0 saturated heterocycles. The number of aryl methyl sites for hydroxylation is 2. The summed E-state index contributed by atoms with van der Waals surface area (Å²) < 4.78 is 10.2. The molecule has 5 nitrogen and oxygen atoms in total. The van der Waals surface area contributed by atoms with Crippen molar-refractivity contribution >= 4 is 23.0 Å². The Hall–Kier alpha value is -2.87. The Labute approximate surface area is 127 Å². The van der Waals surface area contributed by atoms with Crippen LogP contribution >= 0.6 is 0 Å². The van der Waals surface area contributed by atoms with E-state index in [4.69, 9.17) is 14.4 Å². The summed E-state index contributed by atoms with van der Waals surface area (Å²) in [7, 11) is 0. The van der Waals surface area contributed by atoms with Crippen LogP contribution in [0.15, 0.2) is 33.2 Å². The molecule has 112 valence electrons. The first kappa shape index (κ1) is 15.5. The van der Waals surface area contributed by atoms with Gasteiger partial charge in [-0.2, -0.15) is 5.26 Å². The van der Waals surface area contributed by atoms with Crippen molar-refractivity contribution in [2.45, 2.75) is 20.8 Å². The van der Waals surface area contributed by atoms with Crippen LogP contribution in [-0.2, 0) is 9.53 Å². The highest BCUT2D eigenvalue weighted by molar-refractivity contribution is 5.98. The van der Waals surface area contributed by atoms with Crippen molar-refractivity contribution in [3.63, 3.8) is 0 Å². The van der Waals surface area contributed by atoms with Crippen molar-refractivity contribution in [1.29, 1.82) is 5.26 Å². The second-order valence-electron chi connectivity index (χ2n) is 4.87. The number of hydrogen-bond acceptors (Lipinski definition) is 5. The van der Waals surface area contributed by atoms with Gasteiger partial charge in [0.1, 0.15) is 23.5 Å². The Balaban J connectivity index is 2.63. The summed E-state index contributed by atoms with van der Waals surface area (Å²) in [5.74, 6) is -0.759. The number of hydrogen-bond donors (Lipinski definition) is 0. The molecule has 0 aliphatic heterocycles. The van der Waals surface area contributed by atoms with E-state index in [9.17, 15) is 9.59 Å². The lowest BCUT2D eigenvalue weighted by Crippen LogP contribution is -2.10. The molecule has 0 atom stereocenters. The van der Waals surface area contributed by atoms with Gasteiger partial charge >= 0.3 is 5.97 Å². The molecule has 0 fully saturated rings. The number of ether oxygens (including phenoxy) is 1. The second kappa shape index (κ2) is 6.27. The molecular weight excluding hydrogens is 282 g/mol. The van der Waals surface area contributed by atoms with Crippen molar-refractivity contribution in [3.05, 3.63) is 50.9 Å². The van der Waals surface area contributed by atoms with Gasteiger partial charge in [0.15, 0.2) is 5.43 Å². The van der Waals surface area contributed by atoms with Crippen LogP contribution in [0.5, 0.6) is 0 Å². The Bertz CT molecular complexity index is 869. The third-order valence-electron chi connectivity index (χ3n) is 3.16. The van der Waals surface area contributed by atoms with Crippen LogP contribution in [-0.4, -0.2) is 12.6 Å². The predicted molar refractivity (Wildman–Crippen MR) is 82.2 cm³/mol. The topological polar surface area (TPSA) is 80.3 Å². The highest BCUT2D eigenvalue weighted by Gasteiger charge is 2.13. The Morgan fingerprint density at radius 1 is 1.41 bits per heavy atom. The maximum Gasteiger partial charge on any atom is 0.348 e. The van der Waals surface area contributed by atoms with Gasteiger partial charge in [-0.15, -0.1) is 0 Å². The van der Waals surface area contributed by atoms with E-state index < -0.39 is 5.97 Å². The lowest BCUT2D eigenvalue weighted by Gasteiger charge is -2.04. The Kier molecular flexibility index (Phi) is 4.42. The summed E-state index contributed by atoms with van der Waals surface area (Å²) in [6, 6.07) is 5.39. The lowest BCUT2D eigenvalue weighted by atomic mass is 10.0. The molecule has 0 aliphatic carbocycles. The average molecular weight is 297 g/mol. The number of esters is 1. The zero-order valence-electron chi connectivity index (χ0n) is 12.6. The number of rotatable bonds is 3. The third-order valence-corrected chi connectivity index (χ3v) is 3.16. The summed E-state index contributed by atoms with van der Waals surface area (Å²) >= 11 is 0. The normalized spacial score (nSPS) is 11.3. The van der Waals surface area contributed by atoms with Crippen LogP contribution in [0.4, 0.5) is 0 Å². The van der Waals surface area contributed by atoms with Crippen LogP contribution in [0.1, 0.15) is 23.6 Å². The van der Waals surface area contributed by atoms with Gasteiger partial charge in [0.05, 0.1) is 17.6 Å². The molecule has 0 radical (unpaired) electrons. The number of nitrogens with zero attached hydrogens (tertiary/aromatic N) is 1.